The van der Waals surface area contributed by atoms with Gasteiger partial charge in [0.05, 0.1) is 0 Å². The summed E-state index contributed by atoms with van der Waals surface area (Å²) in [6.45, 7) is 7.32. The predicted octanol–water partition coefficient (Wildman–Crippen LogP) is 2.22. The van der Waals surface area contributed by atoms with E-state index in [4.69, 9.17) is 0 Å². The molecule has 0 saturated heterocycles. The zero-order valence-corrected chi connectivity index (χ0v) is 10.7. The minimum Gasteiger partial charge on any atom is -0.396 e. The Kier molecular flexibility index (Phi) is 2.64. The van der Waals surface area contributed by atoms with Crippen LogP contribution in [0.4, 0.5) is 0 Å². The molecule has 96 valence electrons. The average molecular weight is 236 g/mol. The van der Waals surface area contributed by atoms with Crippen LogP contribution in [0.1, 0.15) is 32.6 Å². The molecule has 0 radical (unpaired) electrons. The fourth-order valence-electron chi connectivity index (χ4n) is 5.62. The van der Waals surface area contributed by atoms with Gasteiger partial charge in [-0.15, -0.1) is 0 Å². The third kappa shape index (κ3) is 1.47. The van der Waals surface area contributed by atoms with E-state index in [0.717, 1.165) is 18.8 Å². The summed E-state index contributed by atoms with van der Waals surface area (Å²) in [6, 6.07) is 0. The molecule has 0 aromatic heterocycles. The molecule has 3 aliphatic carbocycles. The van der Waals surface area contributed by atoms with Crippen LogP contribution in [0.25, 0.3) is 0 Å². The van der Waals surface area contributed by atoms with Crippen molar-refractivity contribution in [3.05, 3.63) is 12.2 Å². The van der Waals surface area contributed by atoms with Crippen LogP contribution in [0.5, 0.6) is 0 Å². The molecule has 3 rings (SSSR count). The summed E-state index contributed by atoms with van der Waals surface area (Å²) in [5, 5.41) is 19.0. The average Bonchev–Trinajstić information content (AvgIpc) is 2.83. The Morgan fingerprint density at radius 3 is 2.71 bits per heavy atom. The Bertz CT molecular complexity index is 338. The number of hydrogen-bond donors (Lipinski definition) is 2. The van der Waals surface area contributed by atoms with Crippen molar-refractivity contribution in [2.75, 3.05) is 13.2 Å². The lowest BCUT2D eigenvalue weighted by molar-refractivity contribution is -0.00188. The number of hydrogen-bond acceptors (Lipinski definition) is 2. The number of rotatable bonds is 2. The van der Waals surface area contributed by atoms with Gasteiger partial charge in [0.1, 0.15) is 0 Å². The van der Waals surface area contributed by atoms with Crippen molar-refractivity contribution in [2.24, 2.45) is 35.0 Å². The van der Waals surface area contributed by atoms with Gasteiger partial charge in [0.2, 0.25) is 0 Å². The first-order valence-corrected chi connectivity index (χ1v) is 6.99. The maximum Gasteiger partial charge on any atom is 0.0462 e. The molecule has 3 saturated carbocycles. The summed E-state index contributed by atoms with van der Waals surface area (Å²) in [7, 11) is 0. The minimum atomic E-state index is 0.294. The number of fused-ring (bicyclic) bond motifs is 5. The fraction of sp³-hybridized carbons (Fsp3) is 0.867. The molecule has 17 heavy (non-hydrogen) atoms. The summed E-state index contributed by atoms with van der Waals surface area (Å²) < 4.78 is 0. The Morgan fingerprint density at radius 2 is 2.06 bits per heavy atom. The first-order chi connectivity index (χ1) is 8.10. The summed E-state index contributed by atoms with van der Waals surface area (Å²) in [5.41, 5.74) is 1.68. The van der Waals surface area contributed by atoms with Crippen molar-refractivity contribution in [1.29, 1.82) is 0 Å². The summed E-state index contributed by atoms with van der Waals surface area (Å²) >= 11 is 0. The molecule has 0 aromatic rings. The van der Waals surface area contributed by atoms with Crippen LogP contribution < -0.4 is 0 Å². The third-order valence-electron chi connectivity index (χ3n) is 5.97. The molecule has 0 heterocycles. The second-order valence-corrected chi connectivity index (χ2v) is 6.88. The predicted molar refractivity (Wildman–Crippen MR) is 67.3 cm³/mol. The van der Waals surface area contributed by atoms with Gasteiger partial charge in [0.25, 0.3) is 0 Å². The lowest BCUT2D eigenvalue weighted by Crippen LogP contribution is -2.44. The van der Waals surface area contributed by atoms with Crippen LogP contribution >= 0.6 is 0 Å². The van der Waals surface area contributed by atoms with Crippen molar-refractivity contribution in [3.8, 4) is 0 Å². The quantitative estimate of drug-likeness (QED) is 0.722. The van der Waals surface area contributed by atoms with Gasteiger partial charge in [-0.25, -0.2) is 0 Å². The van der Waals surface area contributed by atoms with Crippen LogP contribution in [0.15, 0.2) is 12.2 Å². The maximum absolute atomic E-state index is 9.51. The molecule has 3 aliphatic rings. The molecule has 6 atom stereocenters. The Labute approximate surface area is 104 Å². The summed E-state index contributed by atoms with van der Waals surface area (Å²) in [4.78, 5) is 0. The van der Waals surface area contributed by atoms with E-state index in [-0.39, 0.29) is 0 Å². The van der Waals surface area contributed by atoms with Gasteiger partial charge in [0.15, 0.2) is 0 Å². The molecule has 0 aliphatic heterocycles. The van der Waals surface area contributed by atoms with Gasteiger partial charge in [-0.05, 0) is 60.7 Å². The zero-order chi connectivity index (χ0) is 12.2. The highest BCUT2D eigenvalue weighted by Gasteiger charge is 2.61. The normalized spacial score (nSPS) is 52.9. The third-order valence-corrected chi connectivity index (χ3v) is 5.97. The molecule has 0 aromatic carbocycles. The lowest BCUT2D eigenvalue weighted by Gasteiger charge is -2.50. The number of aliphatic hydroxyl groups is 2. The van der Waals surface area contributed by atoms with Gasteiger partial charge in [-0.2, -0.15) is 0 Å². The van der Waals surface area contributed by atoms with Gasteiger partial charge in [-0.3, -0.25) is 0 Å². The van der Waals surface area contributed by atoms with E-state index < -0.39 is 0 Å². The SMILES string of the molecule is C=C1CC(CO)C[C@]2(C)C3CC(CC3CO)[C@H]12. The van der Waals surface area contributed by atoms with Gasteiger partial charge in [-0.1, -0.05) is 19.1 Å². The molecule has 4 unspecified atom stereocenters. The molecular weight excluding hydrogens is 212 g/mol. The van der Waals surface area contributed by atoms with Crippen LogP contribution in [-0.4, -0.2) is 23.4 Å². The second kappa shape index (κ2) is 3.83. The highest BCUT2D eigenvalue weighted by atomic mass is 16.3. The molecule has 2 bridgehead atoms. The van der Waals surface area contributed by atoms with Gasteiger partial charge in [0, 0.05) is 13.2 Å². The number of aliphatic hydroxyl groups excluding tert-OH is 2. The van der Waals surface area contributed by atoms with Crippen molar-refractivity contribution in [2.45, 2.75) is 32.6 Å². The van der Waals surface area contributed by atoms with Crippen molar-refractivity contribution < 1.29 is 10.2 Å². The van der Waals surface area contributed by atoms with E-state index in [1.807, 2.05) is 0 Å². The van der Waals surface area contributed by atoms with Crippen LogP contribution in [-0.2, 0) is 0 Å². The standard InChI is InChI=1S/C15H24O2/c1-9-3-10(7-16)6-15(2)13-5-11(14(9)15)4-12(13)8-17/h10-14,16-17H,1,3-8H2,2H3/t10?,11?,12?,13?,14-,15+/m0/s1. The van der Waals surface area contributed by atoms with Crippen molar-refractivity contribution in [3.63, 3.8) is 0 Å². The largest absolute Gasteiger partial charge is 0.396 e. The zero-order valence-electron chi connectivity index (χ0n) is 10.7. The highest BCUT2D eigenvalue weighted by Crippen LogP contribution is 2.68. The van der Waals surface area contributed by atoms with Gasteiger partial charge < -0.3 is 10.2 Å². The van der Waals surface area contributed by atoms with E-state index >= 15 is 0 Å². The summed E-state index contributed by atoms with van der Waals surface area (Å²) in [6.07, 6.45) is 4.63. The van der Waals surface area contributed by atoms with Crippen LogP contribution in [0.2, 0.25) is 0 Å². The monoisotopic (exact) mass is 236 g/mol. The summed E-state index contributed by atoms with van der Waals surface area (Å²) in [5.74, 6) is 3.00. The van der Waals surface area contributed by atoms with E-state index in [1.54, 1.807) is 0 Å². The smallest absolute Gasteiger partial charge is 0.0462 e. The topological polar surface area (TPSA) is 40.5 Å². The maximum atomic E-state index is 9.51. The van der Waals surface area contributed by atoms with Crippen LogP contribution in [0.3, 0.4) is 0 Å². The van der Waals surface area contributed by atoms with Crippen molar-refractivity contribution >= 4 is 0 Å². The van der Waals surface area contributed by atoms with E-state index in [1.165, 1.54) is 18.4 Å². The van der Waals surface area contributed by atoms with E-state index in [9.17, 15) is 10.2 Å². The first-order valence-electron chi connectivity index (χ1n) is 6.99. The Morgan fingerprint density at radius 1 is 1.29 bits per heavy atom. The minimum absolute atomic E-state index is 0.294. The molecule has 3 fully saturated rings. The molecule has 2 heteroatoms. The number of allylic oxidation sites excluding steroid dienone is 1. The van der Waals surface area contributed by atoms with Crippen molar-refractivity contribution in [1.82, 2.24) is 0 Å². The lowest BCUT2D eigenvalue weighted by atomic mass is 9.54. The molecule has 0 amide bonds. The van der Waals surface area contributed by atoms with Gasteiger partial charge >= 0.3 is 0 Å². The van der Waals surface area contributed by atoms with Crippen LogP contribution in [0, 0.1) is 35.0 Å². The first kappa shape index (κ1) is 11.7. The Hall–Kier alpha value is -0.340. The molecule has 0 spiro atoms. The van der Waals surface area contributed by atoms with E-state index in [0.29, 0.717) is 42.3 Å². The molecular formula is C15H24O2. The second-order valence-electron chi connectivity index (χ2n) is 6.88. The highest BCUT2D eigenvalue weighted by molar-refractivity contribution is 5.22. The molecule has 2 N–H and O–H groups in total. The Balaban J connectivity index is 1.91. The fourth-order valence-corrected chi connectivity index (χ4v) is 5.62. The van der Waals surface area contributed by atoms with E-state index in [2.05, 4.69) is 13.5 Å². The molecule has 2 nitrogen and oxygen atoms in total.